The van der Waals surface area contributed by atoms with Gasteiger partial charge in [0.25, 0.3) is 0 Å². The number of hydrogen-bond acceptors (Lipinski definition) is 1. The molecule has 1 aliphatic rings. The number of rotatable bonds is 4. The second-order valence-electron chi connectivity index (χ2n) is 3.40. The fraction of sp³-hybridized carbons (Fsp3) is 0.800. The Kier molecular flexibility index (Phi) is 3.64. The van der Waals surface area contributed by atoms with E-state index in [4.69, 9.17) is 0 Å². The SMILES string of the molecule is C=CCNC1CCCC1CC. The number of nitrogens with one attached hydrogen (secondary N) is 1. The molecule has 0 amide bonds. The maximum atomic E-state index is 3.71. The van der Waals surface area contributed by atoms with Crippen LogP contribution in [0.1, 0.15) is 32.6 Å². The van der Waals surface area contributed by atoms with Crippen molar-refractivity contribution in [2.75, 3.05) is 6.54 Å². The third kappa shape index (κ3) is 2.33. The van der Waals surface area contributed by atoms with Crippen molar-refractivity contribution in [1.82, 2.24) is 5.32 Å². The van der Waals surface area contributed by atoms with E-state index in [1.54, 1.807) is 0 Å². The van der Waals surface area contributed by atoms with Crippen LogP contribution >= 0.6 is 0 Å². The summed E-state index contributed by atoms with van der Waals surface area (Å²) in [7, 11) is 0. The largest absolute Gasteiger partial charge is 0.310 e. The third-order valence-corrected chi connectivity index (χ3v) is 2.71. The molecule has 0 aromatic heterocycles. The monoisotopic (exact) mass is 153 g/mol. The van der Waals surface area contributed by atoms with Gasteiger partial charge in [0.05, 0.1) is 0 Å². The van der Waals surface area contributed by atoms with Gasteiger partial charge in [-0.1, -0.05) is 25.8 Å². The Labute approximate surface area is 69.9 Å². The van der Waals surface area contributed by atoms with Crippen LogP contribution in [0.15, 0.2) is 12.7 Å². The van der Waals surface area contributed by atoms with Crippen LogP contribution in [-0.4, -0.2) is 12.6 Å². The molecular weight excluding hydrogens is 134 g/mol. The molecule has 0 saturated heterocycles. The van der Waals surface area contributed by atoms with Gasteiger partial charge in [-0.25, -0.2) is 0 Å². The zero-order chi connectivity index (χ0) is 8.10. The fourth-order valence-corrected chi connectivity index (χ4v) is 2.03. The minimum Gasteiger partial charge on any atom is -0.310 e. The molecule has 1 N–H and O–H groups in total. The minimum absolute atomic E-state index is 0.776. The summed E-state index contributed by atoms with van der Waals surface area (Å²) < 4.78 is 0. The van der Waals surface area contributed by atoms with Crippen LogP contribution in [0.5, 0.6) is 0 Å². The van der Waals surface area contributed by atoms with Gasteiger partial charge >= 0.3 is 0 Å². The fourth-order valence-electron chi connectivity index (χ4n) is 2.03. The van der Waals surface area contributed by atoms with Crippen molar-refractivity contribution >= 4 is 0 Å². The van der Waals surface area contributed by atoms with E-state index in [2.05, 4.69) is 18.8 Å². The lowest BCUT2D eigenvalue weighted by molar-refractivity contribution is 0.404. The molecule has 64 valence electrons. The molecule has 0 bridgehead atoms. The molecule has 0 aromatic rings. The second-order valence-corrected chi connectivity index (χ2v) is 3.40. The highest BCUT2D eigenvalue weighted by Gasteiger charge is 2.24. The molecule has 0 aliphatic heterocycles. The molecule has 1 rings (SSSR count). The average molecular weight is 153 g/mol. The van der Waals surface area contributed by atoms with Gasteiger partial charge in [0.2, 0.25) is 0 Å². The highest BCUT2D eigenvalue weighted by molar-refractivity contribution is 4.84. The Hall–Kier alpha value is -0.300. The molecule has 1 fully saturated rings. The molecule has 1 saturated carbocycles. The first kappa shape index (κ1) is 8.79. The lowest BCUT2D eigenvalue weighted by Gasteiger charge is -2.18. The van der Waals surface area contributed by atoms with Gasteiger partial charge in [0, 0.05) is 12.6 Å². The van der Waals surface area contributed by atoms with Crippen LogP contribution in [-0.2, 0) is 0 Å². The van der Waals surface area contributed by atoms with Gasteiger partial charge in [-0.2, -0.15) is 0 Å². The van der Waals surface area contributed by atoms with Crippen molar-refractivity contribution < 1.29 is 0 Å². The highest BCUT2D eigenvalue weighted by atomic mass is 14.9. The molecule has 0 radical (unpaired) electrons. The molecule has 1 aliphatic carbocycles. The quantitative estimate of drug-likeness (QED) is 0.611. The van der Waals surface area contributed by atoms with Crippen molar-refractivity contribution in [3.63, 3.8) is 0 Å². The Morgan fingerprint density at radius 1 is 1.55 bits per heavy atom. The summed E-state index contributed by atoms with van der Waals surface area (Å²) in [5, 5.41) is 3.51. The van der Waals surface area contributed by atoms with E-state index in [1.165, 1.54) is 25.7 Å². The molecule has 2 unspecified atom stereocenters. The summed E-state index contributed by atoms with van der Waals surface area (Å²) >= 11 is 0. The van der Waals surface area contributed by atoms with Gasteiger partial charge in [0.1, 0.15) is 0 Å². The Morgan fingerprint density at radius 3 is 3.00 bits per heavy atom. The van der Waals surface area contributed by atoms with Crippen molar-refractivity contribution in [1.29, 1.82) is 0 Å². The van der Waals surface area contributed by atoms with Gasteiger partial charge in [-0.05, 0) is 18.8 Å². The topological polar surface area (TPSA) is 12.0 Å². The molecule has 0 aromatic carbocycles. The second kappa shape index (κ2) is 4.55. The Bertz CT molecular complexity index is 120. The first-order valence-corrected chi connectivity index (χ1v) is 4.72. The van der Waals surface area contributed by atoms with Crippen LogP contribution in [0.3, 0.4) is 0 Å². The lowest BCUT2D eigenvalue weighted by Crippen LogP contribution is -2.31. The average Bonchev–Trinajstić information content (AvgIpc) is 2.47. The zero-order valence-corrected chi connectivity index (χ0v) is 7.47. The van der Waals surface area contributed by atoms with Gasteiger partial charge in [-0.15, -0.1) is 6.58 Å². The van der Waals surface area contributed by atoms with E-state index in [9.17, 15) is 0 Å². The van der Waals surface area contributed by atoms with E-state index in [0.717, 1.165) is 18.5 Å². The van der Waals surface area contributed by atoms with E-state index >= 15 is 0 Å². The zero-order valence-electron chi connectivity index (χ0n) is 7.47. The van der Waals surface area contributed by atoms with Gasteiger partial charge in [-0.3, -0.25) is 0 Å². The predicted molar refractivity (Wildman–Crippen MR) is 49.6 cm³/mol. The first-order chi connectivity index (χ1) is 5.38. The van der Waals surface area contributed by atoms with Crippen molar-refractivity contribution in [3.8, 4) is 0 Å². The normalized spacial score (nSPS) is 30.6. The van der Waals surface area contributed by atoms with Crippen LogP contribution in [0.25, 0.3) is 0 Å². The van der Waals surface area contributed by atoms with Crippen molar-refractivity contribution in [2.45, 2.75) is 38.6 Å². The molecule has 0 spiro atoms. The maximum Gasteiger partial charge on any atom is 0.0134 e. The van der Waals surface area contributed by atoms with E-state index < -0.39 is 0 Å². The first-order valence-electron chi connectivity index (χ1n) is 4.72. The molecule has 1 heteroatoms. The minimum atomic E-state index is 0.776. The van der Waals surface area contributed by atoms with Crippen molar-refractivity contribution in [3.05, 3.63) is 12.7 Å². The molecule has 11 heavy (non-hydrogen) atoms. The molecular formula is C10H19N. The summed E-state index contributed by atoms with van der Waals surface area (Å²) in [6.07, 6.45) is 7.48. The molecule has 0 heterocycles. The van der Waals surface area contributed by atoms with Gasteiger partial charge in [0.15, 0.2) is 0 Å². The summed E-state index contributed by atoms with van der Waals surface area (Å²) in [6.45, 7) is 6.97. The third-order valence-electron chi connectivity index (χ3n) is 2.71. The van der Waals surface area contributed by atoms with Crippen LogP contribution < -0.4 is 5.32 Å². The van der Waals surface area contributed by atoms with E-state index in [-0.39, 0.29) is 0 Å². The summed E-state index contributed by atoms with van der Waals surface area (Å²) in [4.78, 5) is 0. The smallest absolute Gasteiger partial charge is 0.0134 e. The van der Waals surface area contributed by atoms with Crippen LogP contribution in [0.4, 0.5) is 0 Å². The van der Waals surface area contributed by atoms with Crippen molar-refractivity contribution in [2.24, 2.45) is 5.92 Å². The number of hydrogen-bond donors (Lipinski definition) is 1. The summed E-state index contributed by atoms with van der Waals surface area (Å²) in [6, 6.07) is 0.776. The summed E-state index contributed by atoms with van der Waals surface area (Å²) in [5.41, 5.74) is 0. The summed E-state index contributed by atoms with van der Waals surface area (Å²) in [5.74, 6) is 0.926. The Morgan fingerprint density at radius 2 is 2.36 bits per heavy atom. The van der Waals surface area contributed by atoms with E-state index in [1.807, 2.05) is 6.08 Å². The van der Waals surface area contributed by atoms with Crippen LogP contribution in [0, 0.1) is 5.92 Å². The van der Waals surface area contributed by atoms with Gasteiger partial charge < -0.3 is 5.32 Å². The molecule has 2 atom stereocenters. The maximum absolute atomic E-state index is 3.71. The molecule has 1 nitrogen and oxygen atoms in total. The Balaban J connectivity index is 2.25. The van der Waals surface area contributed by atoms with Crippen LogP contribution in [0.2, 0.25) is 0 Å². The highest BCUT2D eigenvalue weighted by Crippen LogP contribution is 2.27. The predicted octanol–water partition coefficient (Wildman–Crippen LogP) is 2.34. The van der Waals surface area contributed by atoms with E-state index in [0.29, 0.717) is 0 Å². The lowest BCUT2D eigenvalue weighted by atomic mass is 10.0. The standard InChI is InChI=1S/C10H19N/c1-3-8-11-10-7-5-6-9(10)4-2/h3,9-11H,1,4-8H2,2H3.